The minimum atomic E-state index is -0.509. The Labute approximate surface area is 125 Å². The summed E-state index contributed by atoms with van der Waals surface area (Å²) in [7, 11) is 0. The van der Waals surface area contributed by atoms with Crippen LogP contribution in [0.5, 0.6) is 0 Å². The molecule has 1 aromatic rings. The predicted molar refractivity (Wildman–Crippen MR) is 79.7 cm³/mol. The quantitative estimate of drug-likeness (QED) is 0.911. The molecule has 1 atom stereocenters. The number of carbonyl (C=O) groups is 1. The first-order chi connectivity index (χ1) is 9.85. The van der Waals surface area contributed by atoms with Gasteiger partial charge in [0.2, 0.25) is 0 Å². The highest BCUT2D eigenvalue weighted by molar-refractivity contribution is 5.68. The summed E-state index contributed by atoms with van der Waals surface area (Å²) in [5, 5.41) is 3.27. The third kappa shape index (κ3) is 4.70. The molecule has 1 aliphatic heterocycles. The molecule has 0 spiro atoms. The van der Waals surface area contributed by atoms with Gasteiger partial charge in [0.15, 0.2) is 0 Å². The van der Waals surface area contributed by atoms with Gasteiger partial charge in [0.05, 0.1) is 6.04 Å². The van der Waals surface area contributed by atoms with Gasteiger partial charge in [-0.2, -0.15) is 0 Å². The summed E-state index contributed by atoms with van der Waals surface area (Å²) in [6, 6.07) is 6.50. The molecule has 0 aromatic heterocycles. The lowest BCUT2D eigenvalue weighted by atomic mass is 10.0. The fraction of sp³-hybridized carbons (Fsp3) is 0.562. The van der Waals surface area contributed by atoms with Crippen molar-refractivity contribution in [2.24, 2.45) is 0 Å². The number of hydrogen-bond donors (Lipinski definition) is 1. The summed E-state index contributed by atoms with van der Waals surface area (Å²) < 4.78 is 18.7. The van der Waals surface area contributed by atoms with E-state index in [4.69, 9.17) is 4.74 Å². The topological polar surface area (TPSA) is 41.6 Å². The second kappa shape index (κ2) is 6.43. The van der Waals surface area contributed by atoms with Crippen molar-refractivity contribution in [3.63, 3.8) is 0 Å². The van der Waals surface area contributed by atoms with E-state index in [2.05, 4.69) is 5.32 Å². The van der Waals surface area contributed by atoms with Crippen LogP contribution in [0.2, 0.25) is 0 Å². The first kappa shape index (κ1) is 15.8. The SMILES string of the molecule is CC(C)(C)OC(=O)N1CCNC[C@@H]1Cc1cccc(F)c1. The van der Waals surface area contributed by atoms with Gasteiger partial charge in [-0.25, -0.2) is 9.18 Å². The average molecular weight is 294 g/mol. The molecule has 2 rings (SSSR count). The summed E-state index contributed by atoms with van der Waals surface area (Å²) in [5.41, 5.74) is 0.378. The largest absolute Gasteiger partial charge is 0.444 e. The van der Waals surface area contributed by atoms with Crippen LogP contribution < -0.4 is 5.32 Å². The fourth-order valence-corrected chi connectivity index (χ4v) is 2.44. The number of benzene rings is 1. The van der Waals surface area contributed by atoms with Crippen molar-refractivity contribution in [3.8, 4) is 0 Å². The van der Waals surface area contributed by atoms with Crippen LogP contribution >= 0.6 is 0 Å². The molecule has 1 aliphatic rings. The molecule has 1 saturated heterocycles. The van der Waals surface area contributed by atoms with E-state index >= 15 is 0 Å². The number of nitrogens with zero attached hydrogens (tertiary/aromatic N) is 1. The highest BCUT2D eigenvalue weighted by Gasteiger charge is 2.30. The van der Waals surface area contributed by atoms with Gasteiger partial charge in [-0.15, -0.1) is 0 Å². The minimum Gasteiger partial charge on any atom is -0.444 e. The molecule has 1 amide bonds. The maximum atomic E-state index is 13.3. The monoisotopic (exact) mass is 294 g/mol. The lowest BCUT2D eigenvalue weighted by Gasteiger charge is -2.37. The number of rotatable bonds is 2. The lowest BCUT2D eigenvalue weighted by molar-refractivity contribution is 0.0122. The standard InChI is InChI=1S/C16H23FN2O2/c1-16(2,3)21-15(20)19-8-7-18-11-14(19)10-12-5-4-6-13(17)9-12/h4-6,9,14,18H,7-8,10-11H2,1-3H3/t14-/m0/s1. The van der Waals surface area contributed by atoms with Crippen molar-refractivity contribution >= 4 is 6.09 Å². The molecule has 1 N–H and O–H groups in total. The molecule has 0 aliphatic carbocycles. The summed E-state index contributed by atoms with van der Waals surface area (Å²) in [4.78, 5) is 14.0. The van der Waals surface area contributed by atoms with Gasteiger partial charge in [-0.1, -0.05) is 12.1 Å². The van der Waals surface area contributed by atoms with Gasteiger partial charge < -0.3 is 15.0 Å². The number of carbonyl (C=O) groups excluding carboxylic acids is 1. The molecule has 0 radical (unpaired) electrons. The maximum Gasteiger partial charge on any atom is 0.410 e. The second-order valence-corrected chi connectivity index (χ2v) is 6.37. The zero-order valence-electron chi connectivity index (χ0n) is 12.9. The van der Waals surface area contributed by atoms with E-state index in [0.717, 1.165) is 12.1 Å². The molecule has 4 nitrogen and oxygen atoms in total. The van der Waals surface area contributed by atoms with Gasteiger partial charge in [0.1, 0.15) is 11.4 Å². The third-order valence-corrected chi connectivity index (χ3v) is 3.34. The Hall–Kier alpha value is -1.62. The van der Waals surface area contributed by atoms with Gasteiger partial charge in [-0.3, -0.25) is 0 Å². The van der Waals surface area contributed by atoms with E-state index in [1.807, 2.05) is 26.8 Å². The van der Waals surface area contributed by atoms with Crippen LogP contribution in [-0.4, -0.2) is 42.3 Å². The molecule has 0 saturated carbocycles. The molecule has 0 unspecified atom stereocenters. The molecule has 5 heteroatoms. The molecule has 1 fully saturated rings. The number of hydrogen-bond acceptors (Lipinski definition) is 3. The van der Waals surface area contributed by atoms with Crippen molar-refractivity contribution in [1.29, 1.82) is 0 Å². The summed E-state index contributed by atoms with van der Waals surface area (Å²) >= 11 is 0. The average Bonchev–Trinajstić information content (AvgIpc) is 2.37. The van der Waals surface area contributed by atoms with Crippen LogP contribution in [0.4, 0.5) is 9.18 Å². The van der Waals surface area contributed by atoms with Crippen LogP contribution in [0.25, 0.3) is 0 Å². The first-order valence-corrected chi connectivity index (χ1v) is 7.30. The van der Waals surface area contributed by atoms with Crippen LogP contribution in [0.1, 0.15) is 26.3 Å². The molecular formula is C16H23FN2O2. The minimum absolute atomic E-state index is 0.0181. The summed E-state index contributed by atoms with van der Waals surface area (Å²) in [6.45, 7) is 7.61. The number of amides is 1. The normalized spacial score (nSPS) is 19.4. The zero-order valence-corrected chi connectivity index (χ0v) is 12.9. The van der Waals surface area contributed by atoms with Gasteiger partial charge in [0.25, 0.3) is 0 Å². The number of halogens is 1. The van der Waals surface area contributed by atoms with Crippen LogP contribution in [0.15, 0.2) is 24.3 Å². The van der Waals surface area contributed by atoms with E-state index in [1.165, 1.54) is 12.1 Å². The Morgan fingerprint density at radius 2 is 2.24 bits per heavy atom. The van der Waals surface area contributed by atoms with Crippen molar-refractivity contribution < 1.29 is 13.9 Å². The van der Waals surface area contributed by atoms with Crippen LogP contribution in [0.3, 0.4) is 0 Å². The summed E-state index contributed by atoms with van der Waals surface area (Å²) in [5.74, 6) is -0.250. The lowest BCUT2D eigenvalue weighted by Crippen LogP contribution is -2.55. The molecule has 1 aromatic carbocycles. The van der Waals surface area contributed by atoms with Crippen LogP contribution in [0, 0.1) is 5.82 Å². The number of nitrogens with one attached hydrogen (secondary N) is 1. The second-order valence-electron chi connectivity index (χ2n) is 6.37. The highest BCUT2D eigenvalue weighted by atomic mass is 19.1. The van der Waals surface area contributed by atoms with Crippen LogP contribution in [-0.2, 0) is 11.2 Å². The highest BCUT2D eigenvalue weighted by Crippen LogP contribution is 2.16. The molecular weight excluding hydrogens is 271 g/mol. The molecule has 1 heterocycles. The number of piperazine rings is 1. The number of ether oxygens (including phenoxy) is 1. The molecule has 116 valence electrons. The van der Waals surface area contributed by atoms with E-state index in [9.17, 15) is 9.18 Å². The summed E-state index contributed by atoms with van der Waals surface area (Å²) in [6.07, 6.45) is 0.315. The molecule has 0 bridgehead atoms. The van der Waals surface area contributed by atoms with Gasteiger partial charge >= 0.3 is 6.09 Å². The van der Waals surface area contributed by atoms with E-state index in [1.54, 1.807) is 11.0 Å². The smallest absolute Gasteiger partial charge is 0.410 e. The predicted octanol–water partition coefficient (Wildman–Crippen LogP) is 2.58. The Morgan fingerprint density at radius 1 is 1.48 bits per heavy atom. The Morgan fingerprint density at radius 3 is 2.90 bits per heavy atom. The third-order valence-electron chi connectivity index (χ3n) is 3.34. The van der Waals surface area contributed by atoms with Gasteiger partial charge in [0, 0.05) is 19.6 Å². The van der Waals surface area contributed by atoms with Gasteiger partial charge in [-0.05, 0) is 44.9 Å². The van der Waals surface area contributed by atoms with E-state index in [-0.39, 0.29) is 18.0 Å². The van der Waals surface area contributed by atoms with Crippen molar-refractivity contribution in [1.82, 2.24) is 10.2 Å². The fourth-order valence-electron chi connectivity index (χ4n) is 2.44. The Bertz CT molecular complexity index is 499. The zero-order chi connectivity index (χ0) is 15.5. The molecule has 21 heavy (non-hydrogen) atoms. The Kier molecular flexibility index (Phi) is 4.83. The Balaban J connectivity index is 2.06. The van der Waals surface area contributed by atoms with Crippen molar-refractivity contribution in [2.75, 3.05) is 19.6 Å². The van der Waals surface area contributed by atoms with E-state index in [0.29, 0.717) is 19.5 Å². The van der Waals surface area contributed by atoms with Crippen molar-refractivity contribution in [2.45, 2.75) is 38.8 Å². The van der Waals surface area contributed by atoms with Crippen molar-refractivity contribution in [3.05, 3.63) is 35.6 Å². The van der Waals surface area contributed by atoms with E-state index < -0.39 is 5.60 Å². The maximum absolute atomic E-state index is 13.3. The first-order valence-electron chi connectivity index (χ1n) is 7.30.